The van der Waals surface area contributed by atoms with Crippen LogP contribution >= 0.6 is 11.3 Å². The second-order valence-corrected chi connectivity index (χ2v) is 6.10. The van der Waals surface area contributed by atoms with Crippen molar-refractivity contribution in [2.24, 2.45) is 0 Å². The minimum atomic E-state index is -0.0498. The Hall–Kier alpha value is -1.73. The molecule has 3 rings (SSSR count). The molecule has 1 saturated heterocycles. The second kappa shape index (κ2) is 5.95. The second-order valence-electron chi connectivity index (χ2n) is 5.22. The fourth-order valence-electron chi connectivity index (χ4n) is 2.51. The Bertz CT molecular complexity index is 715. The smallest absolute Gasteiger partial charge is 0.271 e. The van der Waals surface area contributed by atoms with Crippen molar-refractivity contribution in [3.8, 4) is 0 Å². The Morgan fingerprint density at radius 2 is 2.19 bits per heavy atom. The van der Waals surface area contributed by atoms with E-state index in [1.807, 2.05) is 17.2 Å². The number of aromatic nitrogens is 2. The van der Waals surface area contributed by atoms with Crippen molar-refractivity contribution < 1.29 is 4.79 Å². The van der Waals surface area contributed by atoms with Gasteiger partial charge in [-0.25, -0.2) is 4.98 Å². The lowest BCUT2D eigenvalue weighted by Crippen LogP contribution is -2.46. The third-order valence-electron chi connectivity index (χ3n) is 3.76. The van der Waals surface area contributed by atoms with E-state index in [1.165, 1.54) is 11.3 Å². The van der Waals surface area contributed by atoms with E-state index >= 15 is 0 Å². The summed E-state index contributed by atoms with van der Waals surface area (Å²) >= 11 is 1.42. The normalized spacial score (nSPS) is 15.6. The third-order valence-corrected chi connectivity index (χ3v) is 4.83. The predicted octanol–water partition coefficient (Wildman–Crippen LogP) is 0.588. The van der Waals surface area contributed by atoms with E-state index in [0.29, 0.717) is 17.7 Å². The van der Waals surface area contributed by atoms with Crippen LogP contribution in [-0.4, -0.2) is 46.5 Å². The third kappa shape index (κ3) is 2.84. The summed E-state index contributed by atoms with van der Waals surface area (Å²) in [6.07, 6.45) is 1.90. The summed E-state index contributed by atoms with van der Waals surface area (Å²) in [5.74, 6) is 0.103. The van der Waals surface area contributed by atoms with E-state index in [4.69, 9.17) is 0 Å². The number of nitrogens with zero attached hydrogens (tertiary/aromatic N) is 3. The first-order valence-electron chi connectivity index (χ1n) is 7.08. The van der Waals surface area contributed by atoms with E-state index in [1.54, 1.807) is 10.9 Å². The summed E-state index contributed by atoms with van der Waals surface area (Å²) in [4.78, 5) is 30.6. The number of rotatable bonds is 3. The quantitative estimate of drug-likeness (QED) is 0.901. The molecular formula is C14H18N4O2S. The number of fused-ring (bicyclic) bond motifs is 1. The van der Waals surface area contributed by atoms with Gasteiger partial charge in [0.25, 0.3) is 5.56 Å². The molecule has 0 spiro atoms. The lowest BCUT2D eigenvalue weighted by Gasteiger charge is -2.27. The highest BCUT2D eigenvalue weighted by molar-refractivity contribution is 7.17. The Labute approximate surface area is 126 Å². The molecule has 2 aromatic heterocycles. The standard InChI is InChI=1S/C14H18N4O2S/c1-10-8-21-13-12(10)16-9-18(14(13)20)5-2-11(19)17-6-3-15-4-7-17/h8-9,15H,2-7H2,1H3. The molecule has 0 bridgehead atoms. The van der Waals surface area contributed by atoms with Crippen LogP contribution in [-0.2, 0) is 11.3 Å². The minimum absolute atomic E-state index is 0.0498. The molecule has 1 N–H and O–H groups in total. The number of piperazine rings is 1. The Morgan fingerprint density at radius 3 is 2.95 bits per heavy atom. The van der Waals surface area contributed by atoms with Gasteiger partial charge in [0.1, 0.15) is 4.70 Å². The van der Waals surface area contributed by atoms with E-state index in [-0.39, 0.29) is 11.5 Å². The van der Waals surface area contributed by atoms with Gasteiger partial charge in [0.05, 0.1) is 11.8 Å². The summed E-state index contributed by atoms with van der Waals surface area (Å²) < 4.78 is 2.21. The van der Waals surface area contributed by atoms with Crippen molar-refractivity contribution in [3.63, 3.8) is 0 Å². The van der Waals surface area contributed by atoms with Crippen LogP contribution in [0.5, 0.6) is 0 Å². The molecular weight excluding hydrogens is 288 g/mol. The first-order valence-corrected chi connectivity index (χ1v) is 7.96. The number of carbonyl (C=O) groups is 1. The SMILES string of the molecule is Cc1csc2c(=O)n(CCC(=O)N3CCNCC3)cnc12. The number of nitrogens with one attached hydrogen (secondary N) is 1. The van der Waals surface area contributed by atoms with Crippen LogP contribution in [0.15, 0.2) is 16.5 Å². The fourth-order valence-corrected chi connectivity index (χ4v) is 3.46. The average molecular weight is 306 g/mol. The lowest BCUT2D eigenvalue weighted by atomic mass is 10.3. The minimum Gasteiger partial charge on any atom is -0.340 e. The summed E-state index contributed by atoms with van der Waals surface area (Å²) in [6, 6.07) is 0. The van der Waals surface area contributed by atoms with Crippen molar-refractivity contribution in [1.82, 2.24) is 19.8 Å². The molecule has 1 amide bonds. The van der Waals surface area contributed by atoms with Gasteiger partial charge in [0.15, 0.2) is 0 Å². The van der Waals surface area contributed by atoms with Crippen LogP contribution in [0.3, 0.4) is 0 Å². The zero-order valence-electron chi connectivity index (χ0n) is 12.0. The predicted molar refractivity (Wildman–Crippen MR) is 82.7 cm³/mol. The zero-order chi connectivity index (χ0) is 14.8. The molecule has 6 nitrogen and oxygen atoms in total. The van der Waals surface area contributed by atoms with E-state index < -0.39 is 0 Å². The first kappa shape index (κ1) is 14.2. The molecule has 3 heterocycles. The van der Waals surface area contributed by atoms with Crippen molar-refractivity contribution >= 4 is 27.5 Å². The Balaban J connectivity index is 1.71. The van der Waals surface area contributed by atoms with Crippen molar-refractivity contribution in [2.45, 2.75) is 19.9 Å². The number of thiophene rings is 1. The van der Waals surface area contributed by atoms with Crippen molar-refractivity contribution in [2.75, 3.05) is 26.2 Å². The van der Waals surface area contributed by atoms with Crippen LogP contribution in [0.1, 0.15) is 12.0 Å². The number of hydrogen-bond acceptors (Lipinski definition) is 5. The molecule has 0 aliphatic carbocycles. The summed E-state index contributed by atoms with van der Waals surface area (Å²) in [7, 11) is 0. The largest absolute Gasteiger partial charge is 0.340 e. The highest BCUT2D eigenvalue weighted by atomic mass is 32.1. The van der Waals surface area contributed by atoms with Gasteiger partial charge in [-0.1, -0.05) is 0 Å². The number of aryl methyl sites for hydroxylation is 2. The van der Waals surface area contributed by atoms with Gasteiger partial charge in [-0.05, 0) is 17.9 Å². The van der Waals surface area contributed by atoms with Gasteiger partial charge in [-0.15, -0.1) is 11.3 Å². The topological polar surface area (TPSA) is 67.2 Å². The Kier molecular flexibility index (Phi) is 4.03. The van der Waals surface area contributed by atoms with Gasteiger partial charge >= 0.3 is 0 Å². The number of carbonyl (C=O) groups excluding carboxylic acids is 1. The van der Waals surface area contributed by atoms with Gasteiger partial charge in [-0.3, -0.25) is 14.2 Å². The molecule has 2 aromatic rings. The van der Waals surface area contributed by atoms with Crippen LogP contribution < -0.4 is 10.9 Å². The maximum absolute atomic E-state index is 12.3. The van der Waals surface area contributed by atoms with Crippen molar-refractivity contribution in [1.29, 1.82) is 0 Å². The molecule has 0 saturated carbocycles. The zero-order valence-corrected chi connectivity index (χ0v) is 12.8. The maximum atomic E-state index is 12.3. The maximum Gasteiger partial charge on any atom is 0.271 e. The molecule has 0 unspecified atom stereocenters. The van der Waals surface area contributed by atoms with Gasteiger partial charge < -0.3 is 10.2 Å². The van der Waals surface area contributed by atoms with E-state index in [0.717, 1.165) is 37.3 Å². The van der Waals surface area contributed by atoms with Gasteiger partial charge in [0, 0.05) is 39.1 Å². The number of hydrogen-bond donors (Lipinski definition) is 1. The first-order chi connectivity index (χ1) is 10.2. The van der Waals surface area contributed by atoms with Crippen LogP contribution in [0.4, 0.5) is 0 Å². The van der Waals surface area contributed by atoms with Crippen LogP contribution in [0, 0.1) is 6.92 Å². The molecule has 0 atom stereocenters. The van der Waals surface area contributed by atoms with Crippen LogP contribution in [0.2, 0.25) is 0 Å². The molecule has 0 aromatic carbocycles. The Morgan fingerprint density at radius 1 is 1.43 bits per heavy atom. The molecule has 1 fully saturated rings. The highest BCUT2D eigenvalue weighted by Gasteiger charge is 2.16. The number of amides is 1. The molecule has 1 aliphatic heterocycles. The lowest BCUT2D eigenvalue weighted by molar-refractivity contribution is -0.132. The van der Waals surface area contributed by atoms with E-state index in [2.05, 4.69) is 10.3 Å². The monoisotopic (exact) mass is 306 g/mol. The van der Waals surface area contributed by atoms with Crippen molar-refractivity contribution in [3.05, 3.63) is 27.6 Å². The summed E-state index contributed by atoms with van der Waals surface area (Å²) in [6.45, 7) is 5.51. The average Bonchev–Trinajstić information content (AvgIpc) is 2.89. The summed E-state index contributed by atoms with van der Waals surface area (Å²) in [5, 5.41) is 5.16. The van der Waals surface area contributed by atoms with Gasteiger partial charge in [0.2, 0.25) is 5.91 Å². The highest BCUT2D eigenvalue weighted by Crippen LogP contribution is 2.19. The molecule has 1 aliphatic rings. The fraction of sp³-hybridized carbons (Fsp3) is 0.500. The molecule has 21 heavy (non-hydrogen) atoms. The van der Waals surface area contributed by atoms with E-state index in [9.17, 15) is 9.59 Å². The van der Waals surface area contributed by atoms with Gasteiger partial charge in [-0.2, -0.15) is 0 Å². The molecule has 7 heteroatoms. The molecule has 0 radical (unpaired) electrons. The van der Waals surface area contributed by atoms with Crippen LogP contribution in [0.25, 0.3) is 10.2 Å². The summed E-state index contributed by atoms with van der Waals surface area (Å²) in [5.41, 5.74) is 1.75. The molecule has 112 valence electrons.